The second-order valence-electron chi connectivity index (χ2n) is 14.4. The van der Waals surface area contributed by atoms with Gasteiger partial charge < -0.3 is 18.4 Å². The van der Waals surface area contributed by atoms with Crippen LogP contribution in [0, 0.1) is 5.92 Å². The van der Waals surface area contributed by atoms with E-state index in [9.17, 15) is 5.11 Å². The highest BCUT2D eigenvalue weighted by Crippen LogP contribution is 2.47. The minimum absolute atomic E-state index is 0.0290. The van der Waals surface area contributed by atoms with E-state index in [0.29, 0.717) is 0 Å². The SMILES string of the molecule is C[C@@H]1[C@H](O)[C@@H](O[Si](C)(C)C(C)(C)C)[C@@H](O[Si](C)(C)C(C)(C)C)[C@@H]1O[Si](C)(C)C(C)(C)C. The van der Waals surface area contributed by atoms with E-state index in [1.54, 1.807) is 0 Å². The molecule has 0 amide bonds. The van der Waals surface area contributed by atoms with Gasteiger partial charge in [0.25, 0.3) is 0 Å². The Bertz CT molecular complexity index is 572. The number of aliphatic hydroxyl groups excluding tert-OH is 1. The summed E-state index contributed by atoms with van der Waals surface area (Å²) >= 11 is 0. The topological polar surface area (TPSA) is 47.9 Å². The minimum atomic E-state index is -2.10. The van der Waals surface area contributed by atoms with Crippen molar-refractivity contribution in [3.8, 4) is 0 Å². The third-order valence-electron chi connectivity index (χ3n) is 8.75. The maximum atomic E-state index is 11.4. The fraction of sp³-hybridized carbons (Fsp3) is 1.00. The van der Waals surface area contributed by atoms with E-state index in [0.717, 1.165) is 0 Å². The Morgan fingerprint density at radius 3 is 1.06 bits per heavy atom. The first kappa shape index (κ1) is 29.5. The van der Waals surface area contributed by atoms with Gasteiger partial charge in [0.05, 0.1) is 24.4 Å². The Hall–Kier alpha value is 0.491. The minimum Gasteiger partial charge on any atom is -0.411 e. The summed E-state index contributed by atoms with van der Waals surface area (Å²) in [6.07, 6.45) is -1.33. The van der Waals surface area contributed by atoms with Crippen molar-refractivity contribution in [2.24, 2.45) is 5.92 Å². The highest BCUT2D eigenvalue weighted by atomic mass is 28.4. The number of hydrogen-bond donors (Lipinski definition) is 1. The third kappa shape index (κ3) is 6.34. The van der Waals surface area contributed by atoms with Crippen LogP contribution in [0.2, 0.25) is 54.4 Å². The second-order valence-corrected chi connectivity index (χ2v) is 28.6. The van der Waals surface area contributed by atoms with Crippen molar-refractivity contribution in [3.63, 3.8) is 0 Å². The molecular weight excluding hydrogens is 437 g/mol. The van der Waals surface area contributed by atoms with Gasteiger partial charge in [-0.25, -0.2) is 0 Å². The van der Waals surface area contributed by atoms with Crippen LogP contribution in [0.15, 0.2) is 0 Å². The molecule has 5 atom stereocenters. The molecule has 1 saturated carbocycles. The van der Waals surface area contributed by atoms with E-state index in [1.165, 1.54) is 0 Å². The van der Waals surface area contributed by atoms with E-state index in [-0.39, 0.29) is 39.3 Å². The Balaban J connectivity index is 3.45. The molecule has 1 rings (SSSR count). The predicted molar refractivity (Wildman–Crippen MR) is 141 cm³/mol. The molecule has 0 unspecified atom stereocenters. The summed E-state index contributed by atoms with van der Waals surface area (Å²) < 4.78 is 20.8. The summed E-state index contributed by atoms with van der Waals surface area (Å²) in [5.41, 5.74) is 0. The lowest BCUT2D eigenvalue weighted by Crippen LogP contribution is -2.56. The van der Waals surface area contributed by atoms with Gasteiger partial charge in [-0.3, -0.25) is 0 Å². The molecule has 1 fully saturated rings. The molecule has 186 valence electrons. The van der Waals surface area contributed by atoms with Gasteiger partial charge in [-0.1, -0.05) is 69.2 Å². The number of aliphatic hydroxyl groups is 1. The monoisotopic (exact) mass is 490 g/mol. The number of rotatable bonds is 6. The number of hydrogen-bond acceptors (Lipinski definition) is 4. The maximum Gasteiger partial charge on any atom is 0.192 e. The quantitative estimate of drug-likeness (QED) is 0.401. The zero-order chi connectivity index (χ0) is 25.0. The molecule has 1 aliphatic rings. The molecule has 0 saturated heterocycles. The molecule has 0 spiro atoms. The molecule has 0 aromatic rings. The van der Waals surface area contributed by atoms with Crippen LogP contribution >= 0.6 is 0 Å². The molecule has 4 nitrogen and oxygen atoms in total. The zero-order valence-corrected chi connectivity index (χ0v) is 26.6. The van der Waals surface area contributed by atoms with E-state index in [1.807, 2.05) is 0 Å². The van der Waals surface area contributed by atoms with Gasteiger partial charge in [0.2, 0.25) is 0 Å². The van der Waals surface area contributed by atoms with Crippen LogP contribution in [0.25, 0.3) is 0 Å². The first-order valence-corrected chi connectivity index (χ1v) is 20.8. The van der Waals surface area contributed by atoms with Crippen molar-refractivity contribution >= 4 is 25.0 Å². The van der Waals surface area contributed by atoms with Gasteiger partial charge in [-0.15, -0.1) is 0 Å². The van der Waals surface area contributed by atoms with Gasteiger partial charge in [0.15, 0.2) is 25.0 Å². The second kappa shape index (κ2) is 8.93. The molecule has 1 aliphatic carbocycles. The van der Waals surface area contributed by atoms with Crippen LogP contribution in [-0.2, 0) is 13.3 Å². The van der Waals surface area contributed by atoms with Crippen LogP contribution in [0.5, 0.6) is 0 Å². The standard InChI is InChI=1S/C24H54O4Si3/c1-17-18(25)20(27-30(13,14)23(5,6)7)21(28-31(15,16)24(8,9)10)19(17)26-29(11,12)22(2,3)4/h17-21,25H,1-16H3/t17-,18+,19-,20-,21+/m1/s1. The van der Waals surface area contributed by atoms with Crippen molar-refractivity contribution in [3.05, 3.63) is 0 Å². The van der Waals surface area contributed by atoms with Gasteiger partial charge in [0.1, 0.15) is 0 Å². The van der Waals surface area contributed by atoms with Gasteiger partial charge in [-0.2, -0.15) is 0 Å². The van der Waals surface area contributed by atoms with E-state index >= 15 is 0 Å². The summed E-state index contributed by atoms with van der Waals surface area (Å²) in [5.74, 6) is -0.0290. The Kier molecular flexibility index (Phi) is 8.51. The Morgan fingerprint density at radius 2 is 0.774 bits per heavy atom. The average Bonchev–Trinajstić information content (AvgIpc) is 2.69. The van der Waals surface area contributed by atoms with Crippen molar-refractivity contribution < 1.29 is 18.4 Å². The molecule has 0 aromatic carbocycles. The summed E-state index contributed by atoms with van der Waals surface area (Å²) in [5, 5.41) is 11.6. The average molecular weight is 491 g/mol. The maximum absolute atomic E-state index is 11.4. The third-order valence-corrected chi connectivity index (χ3v) is 22.2. The van der Waals surface area contributed by atoms with Gasteiger partial charge >= 0.3 is 0 Å². The lowest BCUT2D eigenvalue weighted by molar-refractivity contribution is -0.0250. The van der Waals surface area contributed by atoms with Crippen LogP contribution < -0.4 is 0 Å². The normalized spacial score (nSPS) is 29.5. The summed E-state index contributed by atoms with van der Waals surface area (Å²) in [6.45, 7) is 36.1. The first-order valence-electron chi connectivity index (χ1n) is 12.1. The molecular formula is C24H54O4Si3. The molecule has 31 heavy (non-hydrogen) atoms. The van der Waals surface area contributed by atoms with Crippen LogP contribution in [0.1, 0.15) is 69.2 Å². The van der Waals surface area contributed by atoms with E-state index < -0.39 is 31.1 Å². The van der Waals surface area contributed by atoms with Crippen LogP contribution in [0.4, 0.5) is 0 Å². The predicted octanol–water partition coefficient (Wildman–Crippen LogP) is 7.17. The first-order chi connectivity index (χ1) is 13.4. The van der Waals surface area contributed by atoms with Crippen LogP contribution in [-0.4, -0.2) is 54.5 Å². The summed E-state index contributed by atoms with van der Waals surface area (Å²) in [4.78, 5) is 0. The molecule has 0 bridgehead atoms. The summed E-state index contributed by atoms with van der Waals surface area (Å²) in [7, 11) is -6.24. The smallest absolute Gasteiger partial charge is 0.192 e. The van der Waals surface area contributed by atoms with Gasteiger partial charge in [-0.05, 0) is 54.4 Å². The fourth-order valence-corrected chi connectivity index (χ4v) is 7.16. The van der Waals surface area contributed by atoms with Crippen LogP contribution in [0.3, 0.4) is 0 Å². The molecule has 1 N–H and O–H groups in total. The molecule has 0 heterocycles. The Morgan fingerprint density at radius 1 is 0.516 bits per heavy atom. The highest BCUT2D eigenvalue weighted by molar-refractivity contribution is 6.75. The molecule has 0 aromatic heterocycles. The van der Waals surface area contributed by atoms with E-state index in [2.05, 4.69) is 109 Å². The molecule has 0 aliphatic heterocycles. The van der Waals surface area contributed by atoms with Crippen molar-refractivity contribution in [2.45, 2.75) is 148 Å². The Labute approximate surface area is 197 Å². The van der Waals surface area contributed by atoms with Crippen molar-refractivity contribution in [1.29, 1.82) is 0 Å². The zero-order valence-electron chi connectivity index (χ0n) is 23.6. The highest BCUT2D eigenvalue weighted by Gasteiger charge is 2.57. The lowest BCUT2D eigenvalue weighted by Gasteiger charge is -2.46. The molecule has 0 radical (unpaired) electrons. The van der Waals surface area contributed by atoms with Crippen molar-refractivity contribution in [2.75, 3.05) is 0 Å². The van der Waals surface area contributed by atoms with Gasteiger partial charge in [0, 0.05) is 5.92 Å². The fourth-order valence-electron chi connectivity index (χ4n) is 3.17. The van der Waals surface area contributed by atoms with E-state index in [4.69, 9.17) is 13.3 Å². The summed E-state index contributed by atoms with van der Waals surface area (Å²) in [6, 6.07) is 0. The lowest BCUT2D eigenvalue weighted by atomic mass is 10.1. The largest absolute Gasteiger partial charge is 0.411 e. The molecule has 7 heteroatoms. The van der Waals surface area contributed by atoms with Crippen molar-refractivity contribution in [1.82, 2.24) is 0 Å².